The van der Waals surface area contributed by atoms with Gasteiger partial charge >= 0.3 is 0 Å². The molecular weight excluding hydrogens is 166 g/mol. The van der Waals surface area contributed by atoms with Crippen LogP contribution < -0.4 is 5.32 Å². The van der Waals surface area contributed by atoms with Crippen LogP contribution in [0.2, 0.25) is 0 Å². The van der Waals surface area contributed by atoms with Crippen molar-refractivity contribution in [3.63, 3.8) is 0 Å². The van der Waals surface area contributed by atoms with Crippen LogP contribution in [0.15, 0.2) is 10.9 Å². The van der Waals surface area contributed by atoms with Gasteiger partial charge in [-0.3, -0.25) is 0 Å². The second kappa shape index (κ2) is 5.70. The minimum absolute atomic E-state index is 0.573. The van der Waals surface area contributed by atoms with Crippen LogP contribution in [-0.4, -0.2) is 16.2 Å². The molecular formula is C9H17N3O. The van der Waals surface area contributed by atoms with Crippen molar-refractivity contribution in [2.45, 2.75) is 45.7 Å². The second-order valence-electron chi connectivity index (χ2n) is 3.12. The Hall–Kier alpha value is -0.900. The Morgan fingerprint density at radius 1 is 1.54 bits per heavy atom. The van der Waals surface area contributed by atoms with Crippen molar-refractivity contribution in [3.05, 3.63) is 12.2 Å². The average molecular weight is 183 g/mol. The SMILES string of the molecule is CCCC(CC)NCc1ncon1. The standard InChI is InChI=1S/C9H17N3O/c1-3-5-8(4-2)10-6-9-11-7-13-12-9/h7-8,10H,3-6H2,1-2H3. The number of aromatic nitrogens is 2. The van der Waals surface area contributed by atoms with Gasteiger partial charge in [0.2, 0.25) is 6.39 Å². The molecule has 0 aromatic carbocycles. The van der Waals surface area contributed by atoms with Crippen molar-refractivity contribution in [1.29, 1.82) is 0 Å². The fourth-order valence-corrected chi connectivity index (χ4v) is 1.30. The largest absolute Gasteiger partial charge is 0.343 e. The Morgan fingerprint density at radius 2 is 2.38 bits per heavy atom. The third-order valence-electron chi connectivity index (χ3n) is 2.09. The van der Waals surface area contributed by atoms with Gasteiger partial charge < -0.3 is 9.84 Å². The molecule has 74 valence electrons. The molecule has 0 bridgehead atoms. The van der Waals surface area contributed by atoms with Gasteiger partial charge in [-0.15, -0.1) is 0 Å². The Labute approximate surface area is 78.7 Å². The number of nitrogens with one attached hydrogen (secondary N) is 1. The lowest BCUT2D eigenvalue weighted by molar-refractivity contribution is 0.399. The normalized spacial score (nSPS) is 13.1. The van der Waals surface area contributed by atoms with Crippen molar-refractivity contribution in [3.8, 4) is 0 Å². The molecule has 0 spiro atoms. The lowest BCUT2D eigenvalue weighted by Gasteiger charge is -2.13. The zero-order valence-corrected chi connectivity index (χ0v) is 8.29. The van der Waals surface area contributed by atoms with E-state index in [2.05, 4.69) is 33.8 Å². The first-order valence-electron chi connectivity index (χ1n) is 4.85. The molecule has 0 aliphatic carbocycles. The van der Waals surface area contributed by atoms with Gasteiger partial charge in [-0.25, -0.2) is 0 Å². The Morgan fingerprint density at radius 3 is 2.92 bits per heavy atom. The van der Waals surface area contributed by atoms with E-state index < -0.39 is 0 Å². The molecule has 1 heterocycles. The lowest BCUT2D eigenvalue weighted by atomic mass is 10.1. The highest BCUT2D eigenvalue weighted by Crippen LogP contribution is 2.01. The van der Waals surface area contributed by atoms with Crippen LogP contribution in [0.3, 0.4) is 0 Å². The maximum atomic E-state index is 4.64. The van der Waals surface area contributed by atoms with E-state index in [0.717, 1.165) is 12.2 Å². The molecule has 1 aromatic rings. The van der Waals surface area contributed by atoms with Crippen molar-refractivity contribution in [2.24, 2.45) is 0 Å². The molecule has 0 saturated carbocycles. The number of hydrogen-bond donors (Lipinski definition) is 1. The fourth-order valence-electron chi connectivity index (χ4n) is 1.30. The molecule has 1 unspecified atom stereocenters. The molecule has 1 N–H and O–H groups in total. The summed E-state index contributed by atoms with van der Waals surface area (Å²) in [7, 11) is 0. The summed E-state index contributed by atoms with van der Waals surface area (Å²) in [6, 6.07) is 0.573. The first-order chi connectivity index (χ1) is 6.36. The van der Waals surface area contributed by atoms with E-state index in [1.54, 1.807) is 0 Å². The van der Waals surface area contributed by atoms with Gasteiger partial charge in [0, 0.05) is 6.04 Å². The van der Waals surface area contributed by atoms with Crippen LogP contribution in [-0.2, 0) is 6.54 Å². The summed E-state index contributed by atoms with van der Waals surface area (Å²) in [4.78, 5) is 3.94. The summed E-state index contributed by atoms with van der Waals surface area (Å²) in [6.07, 6.45) is 4.91. The van der Waals surface area contributed by atoms with Crippen LogP contribution in [0.25, 0.3) is 0 Å². The topological polar surface area (TPSA) is 51.0 Å². The highest BCUT2D eigenvalue weighted by molar-refractivity contribution is 4.78. The zero-order chi connectivity index (χ0) is 9.52. The van der Waals surface area contributed by atoms with Crippen molar-refractivity contribution >= 4 is 0 Å². The summed E-state index contributed by atoms with van der Waals surface area (Å²) < 4.78 is 4.64. The zero-order valence-electron chi connectivity index (χ0n) is 8.29. The molecule has 0 radical (unpaired) electrons. The maximum Gasteiger partial charge on any atom is 0.213 e. The van der Waals surface area contributed by atoms with E-state index >= 15 is 0 Å². The molecule has 1 rings (SSSR count). The summed E-state index contributed by atoms with van der Waals surface area (Å²) in [5.41, 5.74) is 0. The van der Waals surface area contributed by atoms with Crippen molar-refractivity contribution < 1.29 is 4.52 Å². The minimum atomic E-state index is 0.573. The first-order valence-corrected chi connectivity index (χ1v) is 4.85. The van der Waals surface area contributed by atoms with Crippen molar-refractivity contribution in [2.75, 3.05) is 0 Å². The molecule has 1 atom stereocenters. The molecule has 0 aliphatic rings. The van der Waals surface area contributed by atoms with Crippen LogP contribution in [0, 0.1) is 0 Å². The monoisotopic (exact) mass is 183 g/mol. The number of hydrogen-bond acceptors (Lipinski definition) is 4. The van der Waals surface area contributed by atoms with E-state index in [0.29, 0.717) is 12.6 Å². The van der Waals surface area contributed by atoms with E-state index in [9.17, 15) is 0 Å². The number of nitrogens with zero attached hydrogens (tertiary/aromatic N) is 2. The molecule has 13 heavy (non-hydrogen) atoms. The highest BCUT2D eigenvalue weighted by Gasteiger charge is 2.05. The quantitative estimate of drug-likeness (QED) is 0.729. The third-order valence-corrected chi connectivity index (χ3v) is 2.09. The molecule has 0 amide bonds. The maximum absolute atomic E-state index is 4.64. The van der Waals surface area contributed by atoms with Crippen molar-refractivity contribution in [1.82, 2.24) is 15.5 Å². The van der Waals surface area contributed by atoms with Gasteiger partial charge in [-0.1, -0.05) is 25.4 Å². The van der Waals surface area contributed by atoms with Gasteiger partial charge in [-0.2, -0.15) is 4.98 Å². The summed E-state index contributed by atoms with van der Waals surface area (Å²) in [5, 5.41) is 7.12. The predicted octanol–water partition coefficient (Wildman–Crippen LogP) is 1.74. The molecule has 0 fully saturated rings. The van der Waals surface area contributed by atoms with Gasteiger partial charge in [0.15, 0.2) is 5.82 Å². The molecule has 0 aliphatic heterocycles. The van der Waals surface area contributed by atoms with E-state index in [-0.39, 0.29) is 0 Å². The minimum Gasteiger partial charge on any atom is -0.343 e. The van der Waals surface area contributed by atoms with Gasteiger partial charge in [0.05, 0.1) is 6.54 Å². The van der Waals surface area contributed by atoms with E-state index in [1.165, 1.54) is 19.2 Å². The smallest absolute Gasteiger partial charge is 0.213 e. The summed E-state index contributed by atoms with van der Waals surface area (Å²) in [5.74, 6) is 0.731. The van der Waals surface area contributed by atoms with Gasteiger partial charge in [-0.05, 0) is 12.8 Å². The average Bonchev–Trinajstić information content (AvgIpc) is 2.64. The first kappa shape index (κ1) is 10.2. The van der Waals surface area contributed by atoms with Crippen LogP contribution in [0.4, 0.5) is 0 Å². The van der Waals surface area contributed by atoms with Crippen LogP contribution in [0.5, 0.6) is 0 Å². The molecule has 1 aromatic heterocycles. The van der Waals surface area contributed by atoms with Gasteiger partial charge in [0.1, 0.15) is 0 Å². The third kappa shape index (κ3) is 3.55. The predicted molar refractivity (Wildman–Crippen MR) is 50.1 cm³/mol. The second-order valence-corrected chi connectivity index (χ2v) is 3.12. The fraction of sp³-hybridized carbons (Fsp3) is 0.778. The Balaban J connectivity index is 2.23. The lowest BCUT2D eigenvalue weighted by Crippen LogP contribution is -2.28. The van der Waals surface area contributed by atoms with E-state index in [4.69, 9.17) is 0 Å². The molecule has 0 saturated heterocycles. The summed E-state index contributed by atoms with van der Waals surface area (Å²) in [6.45, 7) is 5.08. The van der Waals surface area contributed by atoms with E-state index in [1.807, 2.05) is 0 Å². The molecule has 4 nitrogen and oxygen atoms in total. The Kier molecular flexibility index (Phi) is 4.46. The van der Waals surface area contributed by atoms with Gasteiger partial charge in [0.25, 0.3) is 0 Å². The van der Waals surface area contributed by atoms with Crippen LogP contribution >= 0.6 is 0 Å². The molecule has 4 heteroatoms. The highest BCUT2D eigenvalue weighted by atomic mass is 16.5. The Bertz CT molecular complexity index is 211. The summed E-state index contributed by atoms with van der Waals surface area (Å²) >= 11 is 0. The number of rotatable bonds is 6. The van der Waals surface area contributed by atoms with Crippen LogP contribution in [0.1, 0.15) is 38.9 Å².